The average molecular weight is 223 g/mol. The Balaban J connectivity index is 4.50. The summed E-state index contributed by atoms with van der Waals surface area (Å²) in [6, 6.07) is 0. The molecule has 0 aliphatic heterocycles. The van der Waals surface area contributed by atoms with Gasteiger partial charge in [-0.1, -0.05) is 6.92 Å². The van der Waals surface area contributed by atoms with Crippen molar-refractivity contribution >= 4 is 10.1 Å². The van der Waals surface area contributed by atoms with E-state index in [1.54, 1.807) is 13.8 Å². The van der Waals surface area contributed by atoms with Crippen molar-refractivity contribution in [2.75, 3.05) is 5.75 Å². The highest BCUT2D eigenvalue weighted by Gasteiger charge is 2.30. The van der Waals surface area contributed by atoms with Gasteiger partial charge in [-0.2, -0.15) is 8.42 Å². The van der Waals surface area contributed by atoms with Crippen LogP contribution >= 0.6 is 0 Å². The fourth-order valence-electron chi connectivity index (χ4n) is 1.50. The maximum Gasteiger partial charge on any atom is 0.266 e. The lowest BCUT2D eigenvalue weighted by molar-refractivity contribution is 0.273. The van der Waals surface area contributed by atoms with Crippen LogP contribution in [0.15, 0.2) is 0 Å². The van der Waals surface area contributed by atoms with Crippen LogP contribution in [0.4, 0.5) is 0 Å². The molecule has 0 aromatic carbocycles. The molecule has 0 radical (unpaired) electrons. The van der Waals surface area contributed by atoms with Gasteiger partial charge in [-0.3, -0.25) is 4.55 Å². The van der Waals surface area contributed by atoms with E-state index in [9.17, 15) is 8.42 Å². The van der Waals surface area contributed by atoms with E-state index in [0.29, 0.717) is 0 Å². The molecule has 0 bridgehead atoms. The Bertz CT molecular complexity index is 280. The fraction of sp³-hybridized carbons (Fsp3) is 1.00. The number of rotatable bonds is 5. The molecule has 0 aliphatic carbocycles. The van der Waals surface area contributed by atoms with E-state index in [2.05, 4.69) is 5.32 Å². The number of hydrogen-bond acceptors (Lipinski definition) is 3. The summed E-state index contributed by atoms with van der Waals surface area (Å²) in [5.74, 6) is -0.274. The van der Waals surface area contributed by atoms with Crippen LogP contribution in [0.3, 0.4) is 0 Å². The Morgan fingerprint density at radius 2 is 1.57 bits per heavy atom. The van der Waals surface area contributed by atoms with Gasteiger partial charge in [0.25, 0.3) is 10.1 Å². The van der Waals surface area contributed by atoms with Crippen molar-refractivity contribution in [2.45, 2.75) is 52.1 Å². The molecule has 4 nitrogen and oxygen atoms in total. The Kier molecular flexibility index (Phi) is 4.12. The van der Waals surface area contributed by atoms with Crippen LogP contribution in [0.1, 0.15) is 41.0 Å². The van der Waals surface area contributed by atoms with Crippen molar-refractivity contribution < 1.29 is 13.0 Å². The topological polar surface area (TPSA) is 66.4 Å². The second kappa shape index (κ2) is 4.16. The van der Waals surface area contributed by atoms with Crippen molar-refractivity contribution in [3.05, 3.63) is 0 Å². The maximum atomic E-state index is 10.7. The number of nitrogens with one attached hydrogen (secondary N) is 1. The molecule has 0 spiro atoms. The van der Waals surface area contributed by atoms with Gasteiger partial charge in [-0.05, 0) is 34.1 Å². The van der Waals surface area contributed by atoms with Gasteiger partial charge < -0.3 is 5.32 Å². The van der Waals surface area contributed by atoms with Gasteiger partial charge in [0.2, 0.25) is 0 Å². The summed E-state index contributed by atoms with van der Waals surface area (Å²) >= 11 is 0. The first-order chi connectivity index (χ1) is 5.97. The second-order valence-corrected chi connectivity index (χ2v) is 6.43. The van der Waals surface area contributed by atoms with Crippen LogP contribution in [0.2, 0.25) is 0 Å². The largest absolute Gasteiger partial charge is 0.306 e. The molecule has 0 saturated heterocycles. The van der Waals surface area contributed by atoms with E-state index >= 15 is 0 Å². The molecule has 2 N–H and O–H groups in total. The van der Waals surface area contributed by atoms with E-state index < -0.39 is 15.7 Å². The lowest BCUT2D eigenvalue weighted by Gasteiger charge is -2.35. The normalized spacial score (nSPS) is 14.4. The summed E-state index contributed by atoms with van der Waals surface area (Å²) in [7, 11) is -3.92. The summed E-state index contributed by atoms with van der Waals surface area (Å²) in [4.78, 5) is 0. The molecule has 0 atom stereocenters. The lowest BCUT2D eigenvalue weighted by atomic mass is 9.96. The van der Waals surface area contributed by atoms with Gasteiger partial charge in [0.1, 0.15) is 0 Å². The van der Waals surface area contributed by atoms with E-state index in [0.717, 1.165) is 6.42 Å². The average Bonchev–Trinajstić information content (AvgIpc) is 1.78. The second-order valence-electron chi connectivity index (χ2n) is 4.97. The molecule has 0 aliphatic rings. The van der Waals surface area contributed by atoms with Crippen molar-refractivity contribution in [3.8, 4) is 0 Å². The summed E-state index contributed by atoms with van der Waals surface area (Å²) in [5.41, 5.74) is -0.749. The van der Waals surface area contributed by atoms with E-state index in [1.165, 1.54) is 0 Å². The molecule has 0 fully saturated rings. The SMILES string of the molecule is CCC(C)(C)NC(C)(C)CS(=O)(=O)O. The minimum absolute atomic E-state index is 0.131. The van der Waals surface area contributed by atoms with Gasteiger partial charge in [0, 0.05) is 11.1 Å². The summed E-state index contributed by atoms with van der Waals surface area (Å²) < 4.78 is 30.2. The summed E-state index contributed by atoms with van der Waals surface area (Å²) in [6.07, 6.45) is 0.891. The fourth-order valence-corrected chi connectivity index (χ4v) is 2.48. The van der Waals surface area contributed by atoms with Crippen molar-refractivity contribution in [2.24, 2.45) is 0 Å². The molecular formula is C9H21NO3S. The van der Waals surface area contributed by atoms with E-state index in [4.69, 9.17) is 4.55 Å². The molecule has 0 amide bonds. The standard InChI is InChI=1S/C9H21NO3S/c1-6-8(2,3)10-9(4,5)7-14(11,12)13/h10H,6-7H2,1-5H3,(H,11,12,13). The Labute approximate surface area is 86.8 Å². The van der Waals surface area contributed by atoms with Crippen LogP contribution in [0, 0.1) is 0 Å². The van der Waals surface area contributed by atoms with Gasteiger partial charge >= 0.3 is 0 Å². The summed E-state index contributed by atoms with van der Waals surface area (Å²) in [6.45, 7) is 9.55. The van der Waals surface area contributed by atoms with E-state index in [-0.39, 0.29) is 11.3 Å². The van der Waals surface area contributed by atoms with Crippen molar-refractivity contribution in [1.29, 1.82) is 0 Å². The first kappa shape index (κ1) is 13.9. The quantitative estimate of drug-likeness (QED) is 0.692. The van der Waals surface area contributed by atoms with Crippen LogP contribution in [0.25, 0.3) is 0 Å². The van der Waals surface area contributed by atoms with Gasteiger partial charge in [-0.15, -0.1) is 0 Å². The van der Waals surface area contributed by atoms with Crippen molar-refractivity contribution in [1.82, 2.24) is 5.32 Å². The molecule has 0 rings (SSSR count). The highest BCUT2D eigenvalue weighted by atomic mass is 32.2. The molecule has 5 heteroatoms. The third kappa shape index (κ3) is 6.34. The van der Waals surface area contributed by atoms with Crippen LogP contribution in [-0.4, -0.2) is 29.8 Å². The third-order valence-corrected chi connectivity index (χ3v) is 3.19. The van der Waals surface area contributed by atoms with Gasteiger partial charge in [-0.25, -0.2) is 0 Å². The molecule has 0 saturated carbocycles. The summed E-state index contributed by atoms with van der Waals surface area (Å²) in [5, 5.41) is 3.20. The zero-order valence-electron chi connectivity index (χ0n) is 9.59. The maximum absolute atomic E-state index is 10.7. The predicted molar refractivity (Wildman–Crippen MR) is 58.0 cm³/mol. The van der Waals surface area contributed by atoms with E-state index in [1.807, 2.05) is 20.8 Å². The first-order valence-electron chi connectivity index (χ1n) is 4.72. The lowest BCUT2D eigenvalue weighted by Crippen LogP contribution is -2.54. The highest BCUT2D eigenvalue weighted by Crippen LogP contribution is 2.15. The Hall–Kier alpha value is -0.130. The molecule has 0 heterocycles. The minimum atomic E-state index is -3.92. The van der Waals surface area contributed by atoms with Crippen LogP contribution < -0.4 is 5.32 Å². The van der Waals surface area contributed by atoms with Gasteiger partial charge in [0.15, 0.2) is 0 Å². The van der Waals surface area contributed by atoms with Crippen LogP contribution in [-0.2, 0) is 10.1 Å². The zero-order valence-corrected chi connectivity index (χ0v) is 10.4. The zero-order chi connectivity index (χ0) is 11.6. The minimum Gasteiger partial charge on any atom is -0.306 e. The highest BCUT2D eigenvalue weighted by molar-refractivity contribution is 7.85. The van der Waals surface area contributed by atoms with Crippen LogP contribution in [0.5, 0.6) is 0 Å². The molecule has 0 unspecified atom stereocenters. The molecule has 86 valence electrons. The first-order valence-corrected chi connectivity index (χ1v) is 6.33. The predicted octanol–water partition coefficient (Wildman–Crippen LogP) is 1.43. The molecular weight excluding hydrogens is 202 g/mol. The molecule has 0 aromatic heterocycles. The number of hydrogen-bond donors (Lipinski definition) is 2. The Morgan fingerprint density at radius 1 is 1.14 bits per heavy atom. The molecule has 0 aromatic rings. The Morgan fingerprint density at radius 3 is 1.86 bits per heavy atom. The molecule has 14 heavy (non-hydrogen) atoms. The smallest absolute Gasteiger partial charge is 0.266 e. The van der Waals surface area contributed by atoms with Crippen molar-refractivity contribution in [3.63, 3.8) is 0 Å². The monoisotopic (exact) mass is 223 g/mol. The third-order valence-electron chi connectivity index (χ3n) is 2.10. The van der Waals surface area contributed by atoms with Gasteiger partial charge in [0.05, 0.1) is 5.75 Å².